The van der Waals surface area contributed by atoms with Crippen LogP contribution in [0.3, 0.4) is 0 Å². The fourth-order valence-electron chi connectivity index (χ4n) is 1.76. The van der Waals surface area contributed by atoms with E-state index in [1.807, 2.05) is 29.5 Å². The summed E-state index contributed by atoms with van der Waals surface area (Å²) in [5.74, 6) is 4.56. The van der Waals surface area contributed by atoms with Gasteiger partial charge in [-0.3, -0.25) is 10.2 Å². The minimum Gasteiger partial charge on any atom is -0.373 e. The van der Waals surface area contributed by atoms with Crippen LogP contribution in [-0.2, 0) is 6.54 Å². The molecule has 0 aliphatic heterocycles. The molecule has 21 heavy (non-hydrogen) atoms. The van der Waals surface area contributed by atoms with Crippen molar-refractivity contribution in [3.05, 3.63) is 41.7 Å². The van der Waals surface area contributed by atoms with E-state index in [9.17, 15) is 4.79 Å². The molecule has 108 valence electrons. The fourth-order valence-corrected chi connectivity index (χ4v) is 1.76. The Morgan fingerprint density at radius 2 is 2.19 bits per heavy atom. The molecule has 1 amide bonds. The van der Waals surface area contributed by atoms with E-state index in [1.165, 1.54) is 6.20 Å². The lowest BCUT2D eigenvalue weighted by Crippen LogP contribution is -2.30. The van der Waals surface area contributed by atoms with Crippen LogP contribution in [-0.4, -0.2) is 34.5 Å². The SMILES string of the molecule is CN(CCn1cc(C(=O)NN)nn1)c1ccc(C#N)cc1. The molecule has 8 heteroatoms. The van der Waals surface area contributed by atoms with Crippen molar-refractivity contribution in [2.24, 2.45) is 5.84 Å². The number of hydrogen-bond donors (Lipinski definition) is 2. The molecule has 0 saturated heterocycles. The van der Waals surface area contributed by atoms with Crippen LogP contribution < -0.4 is 16.2 Å². The summed E-state index contributed by atoms with van der Waals surface area (Å²) in [6.07, 6.45) is 1.54. The van der Waals surface area contributed by atoms with Gasteiger partial charge in [-0.15, -0.1) is 5.10 Å². The summed E-state index contributed by atoms with van der Waals surface area (Å²) >= 11 is 0. The van der Waals surface area contributed by atoms with E-state index in [-0.39, 0.29) is 5.69 Å². The molecule has 0 radical (unpaired) electrons. The minimum atomic E-state index is -0.471. The predicted octanol–water partition coefficient (Wildman–Crippen LogP) is -0.110. The van der Waals surface area contributed by atoms with Gasteiger partial charge in [-0.2, -0.15) is 5.26 Å². The van der Waals surface area contributed by atoms with Crippen LogP contribution >= 0.6 is 0 Å². The molecule has 0 aliphatic rings. The van der Waals surface area contributed by atoms with Crippen LogP contribution in [0.15, 0.2) is 30.5 Å². The third-order valence-electron chi connectivity index (χ3n) is 3.00. The summed E-state index contributed by atoms with van der Waals surface area (Å²) in [5, 5.41) is 16.3. The number of nitriles is 1. The zero-order valence-corrected chi connectivity index (χ0v) is 11.5. The molecule has 8 nitrogen and oxygen atoms in total. The summed E-state index contributed by atoms with van der Waals surface area (Å²) in [5.41, 5.74) is 3.80. The maximum atomic E-state index is 11.3. The number of hydrazine groups is 1. The Bertz CT molecular complexity index is 656. The molecule has 0 saturated carbocycles. The molecule has 0 aliphatic carbocycles. The fraction of sp³-hybridized carbons (Fsp3) is 0.231. The van der Waals surface area contributed by atoms with Crippen molar-refractivity contribution in [3.8, 4) is 6.07 Å². The number of hydrogen-bond acceptors (Lipinski definition) is 6. The number of carbonyl (C=O) groups excluding carboxylic acids is 1. The van der Waals surface area contributed by atoms with Crippen molar-refractivity contribution in [1.82, 2.24) is 20.4 Å². The minimum absolute atomic E-state index is 0.179. The first kappa shape index (κ1) is 14.5. The van der Waals surface area contributed by atoms with E-state index in [4.69, 9.17) is 11.1 Å². The topological polar surface area (TPSA) is 113 Å². The molecular weight excluding hydrogens is 270 g/mol. The van der Waals surface area contributed by atoms with Crippen molar-refractivity contribution in [2.75, 3.05) is 18.5 Å². The number of nitrogens with two attached hydrogens (primary N) is 1. The highest BCUT2D eigenvalue weighted by atomic mass is 16.2. The lowest BCUT2D eigenvalue weighted by Gasteiger charge is -2.18. The quantitative estimate of drug-likeness (QED) is 0.450. The van der Waals surface area contributed by atoms with Crippen molar-refractivity contribution in [3.63, 3.8) is 0 Å². The molecular formula is C13H15N7O. The van der Waals surface area contributed by atoms with Crippen LogP contribution in [0, 0.1) is 11.3 Å². The monoisotopic (exact) mass is 285 g/mol. The molecule has 2 rings (SSSR count). The number of nitrogens with zero attached hydrogens (tertiary/aromatic N) is 5. The van der Waals surface area contributed by atoms with Gasteiger partial charge in [0.15, 0.2) is 5.69 Å². The first-order valence-corrected chi connectivity index (χ1v) is 6.26. The number of nitrogen functional groups attached to an aromatic ring is 1. The third-order valence-corrected chi connectivity index (χ3v) is 3.00. The van der Waals surface area contributed by atoms with Crippen LogP contribution in [0.5, 0.6) is 0 Å². The van der Waals surface area contributed by atoms with Crippen LogP contribution in [0.2, 0.25) is 0 Å². The molecule has 2 aromatic rings. The van der Waals surface area contributed by atoms with Crippen LogP contribution in [0.4, 0.5) is 5.69 Å². The highest BCUT2D eigenvalue weighted by Crippen LogP contribution is 2.13. The van der Waals surface area contributed by atoms with Gasteiger partial charge in [0.25, 0.3) is 5.91 Å². The number of rotatable bonds is 5. The smallest absolute Gasteiger partial charge is 0.287 e. The zero-order chi connectivity index (χ0) is 15.2. The van der Waals surface area contributed by atoms with Crippen LogP contribution in [0.25, 0.3) is 0 Å². The number of aromatic nitrogens is 3. The summed E-state index contributed by atoms with van der Waals surface area (Å²) < 4.78 is 1.57. The Kier molecular flexibility index (Phi) is 4.48. The molecule has 0 fully saturated rings. The Labute approximate surface area is 121 Å². The van der Waals surface area contributed by atoms with Gasteiger partial charge in [0.1, 0.15) is 0 Å². The van der Waals surface area contributed by atoms with E-state index in [2.05, 4.69) is 16.4 Å². The number of anilines is 1. The number of benzene rings is 1. The second-order valence-corrected chi connectivity index (χ2v) is 4.42. The average molecular weight is 285 g/mol. The Balaban J connectivity index is 1.94. The molecule has 1 heterocycles. The van der Waals surface area contributed by atoms with Gasteiger partial charge in [-0.1, -0.05) is 5.21 Å². The first-order valence-electron chi connectivity index (χ1n) is 6.26. The van der Waals surface area contributed by atoms with Crippen LogP contribution in [0.1, 0.15) is 16.1 Å². The molecule has 0 bridgehead atoms. The van der Waals surface area contributed by atoms with E-state index in [0.717, 1.165) is 5.69 Å². The number of amides is 1. The summed E-state index contributed by atoms with van der Waals surface area (Å²) in [6.45, 7) is 1.25. The predicted molar refractivity (Wildman–Crippen MR) is 76.1 cm³/mol. The summed E-state index contributed by atoms with van der Waals surface area (Å²) in [6, 6.07) is 9.38. The number of nitrogens with one attached hydrogen (secondary N) is 1. The Morgan fingerprint density at radius 3 is 2.81 bits per heavy atom. The Morgan fingerprint density at radius 1 is 1.48 bits per heavy atom. The van der Waals surface area contributed by atoms with E-state index < -0.39 is 5.91 Å². The number of carbonyl (C=O) groups is 1. The summed E-state index contributed by atoms with van der Waals surface area (Å²) in [4.78, 5) is 13.3. The van der Waals surface area contributed by atoms with Gasteiger partial charge in [0.05, 0.1) is 24.4 Å². The molecule has 1 aromatic carbocycles. The third kappa shape index (κ3) is 3.55. The average Bonchev–Trinajstić information content (AvgIpc) is 3.01. The number of likely N-dealkylation sites (N-methyl/N-ethyl adjacent to an activating group) is 1. The second-order valence-electron chi connectivity index (χ2n) is 4.42. The van der Waals surface area contributed by atoms with E-state index in [0.29, 0.717) is 18.7 Å². The molecule has 0 unspecified atom stereocenters. The Hall–Kier alpha value is -2.92. The molecule has 0 spiro atoms. The van der Waals surface area contributed by atoms with Crippen molar-refractivity contribution >= 4 is 11.6 Å². The van der Waals surface area contributed by atoms with Gasteiger partial charge >= 0.3 is 0 Å². The van der Waals surface area contributed by atoms with E-state index >= 15 is 0 Å². The standard InChI is InChI=1S/C13H15N7O/c1-19(11-4-2-10(8-14)3-5-11)6-7-20-9-12(17-18-20)13(21)16-15/h2-5,9H,6-7,15H2,1H3,(H,16,21). The lowest BCUT2D eigenvalue weighted by molar-refractivity contribution is 0.0948. The van der Waals surface area contributed by atoms with Crippen molar-refractivity contribution in [1.29, 1.82) is 5.26 Å². The second kappa shape index (κ2) is 6.49. The summed E-state index contributed by atoms with van der Waals surface area (Å²) in [7, 11) is 1.94. The van der Waals surface area contributed by atoms with E-state index in [1.54, 1.807) is 16.8 Å². The van der Waals surface area contributed by atoms with Gasteiger partial charge in [-0.05, 0) is 24.3 Å². The van der Waals surface area contributed by atoms with Gasteiger partial charge in [-0.25, -0.2) is 10.5 Å². The highest BCUT2D eigenvalue weighted by molar-refractivity contribution is 5.91. The van der Waals surface area contributed by atoms with Gasteiger partial charge < -0.3 is 4.90 Å². The van der Waals surface area contributed by atoms with Gasteiger partial charge in [0.2, 0.25) is 0 Å². The lowest BCUT2D eigenvalue weighted by atomic mass is 10.2. The maximum Gasteiger partial charge on any atom is 0.287 e. The normalized spacial score (nSPS) is 9.95. The zero-order valence-electron chi connectivity index (χ0n) is 11.5. The maximum absolute atomic E-state index is 11.3. The molecule has 3 N–H and O–H groups in total. The molecule has 1 aromatic heterocycles. The first-order chi connectivity index (χ1) is 10.1. The van der Waals surface area contributed by atoms with Crippen molar-refractivity contribution < 1.29 is 4.79 Å². The molecule has 0 atom stereocenters. The largest absolute Gasteiger partial charge is 0.373 e. The van der Waals surface area contributed by atoms with Gasteiger partial charge in [0, 0.05) is 19.3 Å². The van der Waals surface area contributed by atoms with Crippen molar-refractivity contribution in [2.45, 2.75) is 6.54 Å². The highest BCUT2D eigenvalue weighted by Gasteiger charge is 2.09.